The number of aromatic carboxylic acids is 1. The fourth-order valence-electron chi connectivity index (χ4n) is 1.04. The SMILES string of the molecule is O=C(O)c1cc(F)c(NCC(F)F)c(F)c1. The Labute approximate surface area is 87.7 Å². The van der Waals surface area contributed by atoms with Gasteiger partial charge in [0.15, 0.2) is 0 Å². The molecular weight excluding hydrogens is 230 g/mol. The minimum Gasteiger partial charge on any atom is -0.478 e. The molecule has 0 saturated heterocycles. The van der Waals surface area contributed by atoms with Gasteiger partial charge in [-0.2, -0.15) is 0 Å². The molecule has 0 bridgehead atoms. The van der Waals surface area contributed by atoms with Crippen molar-refractivity contribution in [3.05, 3.63) is 29.3 Å². The van der Waals surface area contributed by atoms with E-state index in [1.165, 1.54) is 0 Å². The van der Waals surface area contributed by atoms with Crippen LogP contribution in [0.25, 0.3) is 0 Å². The maximum atomic E-state index is 13.1. The van der Waals surface area contributed by atoms with E-state index in [4.69, 9.17) is 5.11 Å². The standard InChI is InChI=1S/C9H7F4NO2/c10-5-1-4(9(15)16)2-6(11)8(5)14-3-7(12)13/h1-2,7,14H,3H2,(H,15,16). The average molecular weight is 237 g/mol. The first-order valence-electron chi connectivity index (χ1n) is 4.16. The van der Waals surface area contributed by atoms with E-state index in [-0.39, 0.29) is 0 Å². The summed E-state index contributed by atoms with van der Waals surface area (Å²) in [6, 6.07) is 1.11. The highest BCUT2D eigenvalue weighted by molar-refractivity contribution is 5.88. The van der Waals surface area contributed by atoms with Crippen molar-refractivity contribution >= 4 is 11.7 Å². The van der Waals surface area contributed by atoms with Crippen LogP contribution in [0.15, 0.2) is 12.1 Å². The molecule has 0 unspecified atom stereocenters. The summed E-state index contributed by atoms with van der Waals surface area (Å²) in [6.45, 7) is -0.916. The Morgan fingerprint density at radius 2 is 1.81 bits per heavy atom. The normalized spacial score (nSPS) is 10.6. The Balaban J connectivity index is 2.98. The topological polar surface area (TPSA) is 49.3 Å². The van der Waals surface area contributed by atoms with Crippen LogP contribution in [0.4, 0.5) is 23.2 Å². The van der Waals surface area contributed by atoms with Crippen LogP contribution in [0.1, 0.15) is 10.4 Å². The average Bonchev–Trinajstić information content (AvgIpc) is 2.15. The van der Waals surface area contributed by atoms with Gasteiger partial charge >= 0.3 is 5.97 Å². The highest BCUT2D eigenvalue weighted by Crippen LogP contribution is 2.21. The third-order valence-electron chi connectivity index (χ3n) is 1.72. The molecule has 0 aliphatic heterocycles. The monoisotopic (exact) mass is 237 g/mol. The fourth-order valence-corrected chi connectivity index (χ4v) is 1.04. The predicted octanol–water partition coefficient (Wildman–Crippen LogP) is 2.34. The molecule has 0 spiro atoms. The first kappa shape index (κ1) is 12.3. The summed E-state index contributed by atoms with van der Waals surface area (Å²) in [7, 11) is 0. The fraction of sp³-hybridized carbons (Fsp3) is 0.222. The molecule has 0 heterocycles. The van der Waals surface area contributed by atoms with Crippen LogP contribution >= 0.6 is 0 Å². The van der Waals surface area contributed by atoms with Crippen LogP contribution < -0.4 is 5.32 Å². The molecule has 0 atom stereocenters. The number of nitrogens with one attached hydrogen (secondary N) is 1. The molecule has 0 saturated carbocycles. The molecule has 0 fully saturated rings. The van der Waals surface area contributed by atoms with E-state index in [0.29, 0.717) is 12.1 Å². The van der Waals surface area contributed by atoms with E-state index >= 15 is 0 Å². The smallest absolute Gasteiger partial charge is 0.335 e. The predicted molar refractivity (Wildman–Crippen MR) is 47.8 cm³/mol. The lowest BCUT2D eigenvalue weighted by molar-refractivity contribution is 0.0695. The number of hydrogen-bond acceptors (Lipinski definition) is 2. The van der Waals surface area contributed by atoms with E-state index in [0.717, 1.165) is 0 Å². The zero-order valence-corrected chi connectivity index (χ0v) is 7.81. The molecule has 88 valence electrons. The third kappa shape index (κ3) is 2.85. The number of alkyl halides is 2. The largest absolute Gasteiger partial charge is 0.478 e. The number of rotatable bonds is 4. The minimum absolute atomic E-state index is 0.555. The Morgan fingerprint density at radius 1 is 1.31 bits per heavy atom. The Morgan fingerprint density at radius 3 is 2.19 bits per heavy atom. The van der Waals surface area contributed by atoms with Gasteiger partial charge in [0.1, 0.15) is 17.3 Å². The summed E-state index contributed by atoms with van der Waals surface area (Å²) in [5.74, 6) is -3.95. The summed E-state index contributed by atoms with van der Waals surface area (Å²) >= 11 is 0. The first-order valence-corrected chi connectivity index (χ1v) is 4.16. The van der Waals surface area contributed by atoms with E-state index in [2.05, 4.69) is 0 Å². The molecule has 7 heteroatoms. The second-order valence-electron chi connectivity index (χ2n) is 2.89. The summed E-state index contributed by atoms with van der Waals surface area (Å²) in [5.41, 5.74) is -1.34. The van der Waals surface area contributed by atoms with Crippen molar-refractivity contribution in [1.82, 2.24) is 0 Å². The van der Waals surface area contributed by atoms with Gasteiger partial charge in [-0.15, -0.1) is 0 Å². The molecule has 0 amide bonds. The second kappa shape index (κ2) is 4.82. The molecule has 3 nitrogen and oxygen atoms in total. The molecular formula is C9H7F4NO2. The number of hydrogen-bond donors (Lipinski definition) is 2. The molecule has 0 aromatic heterocycles. The van der Waals surface area contributed by atoms with Crippen molar-refractivity contribution in [2.24, 2.45) is 0 Å². The summed E-state index contributed by atoms with van der Waals surface area (Å²) in [6.07, 6.45) is -2.77. The van der Waals surface area contributed by atoms with Crippen molar-refractivity contribution in [1.29, 1.82) is 0 Å². The van der Waals surface area contributed by atoms with Gasteiger partial charge in [-0.05, 0) is 12.1 Å². The Kier molecular flexibility index (Phi) is 3.70. The number of carboxylic acid groups (broad SMARTS) is 1. The molecule has 16 heavy (non-hydrogen) atoms. The number of halogens is 4. The second-order valence-corrected chi connectivity index (χ2v) is 2.89. The number of benzene rings is 1. The van der Waals surface area contributed by atoms with Gasteiger partial charge in [0.05, 0.1) is 12.1 Å². The van der Waals surface area contributed by atoms with E-state index in [1.54, 1.807) is 0 Å². The highest BCUT2D eigenvalue weighted by atomic mass is 19.3. The lowest BCUT2D eigenvalue weighted by Gasteiger charge is -2.08. The minimum atomic E-state index is -2.77. The highest BCUT2D eigenvalue weighted by Gasteiger charge is 2.15. The molecule has 1 rings (SSSR count). The number of carboxylic acids is 1. The molecule has 0 aliphatic carbocycles. The van der Waals surface area contributed by atoms with Gasteiger partial charge in [0.25, 0.3) is 6.43 Å². The lowest BCUT2D eigenvalue weighted by atomic mass is 10.2. The van der Waals surface area contributed by atoms with Crippen molar-refractivity contribution in [2.75, 3.05) is 11.9 Å². The van der Waals surface area contributed by atoms with Crippen LogP contribution in [-0.4, -0.2) is 24.0 Å². The van der Waals surface area contributed by atoms with E-state index in [1.807, 2.05) is 5.32 Å². The molecule has 0 aliphatic rings. The Hall–Kier alpha value is -1.79. The van der Waals surface area contributed by atoms with Crippen LogP contribution in [0.2, 0.25) is 0 Å². The summed E-state index contributed by atoms with van der Waals surface area (Å²) in [4.78, 5) is 10.4. The van der Waals surface area contributed by atoms with Crippen molar-refractivity contribution in [3.8, 4) is 0 Å². The van der Waals surface area contributed by atoms with Gasteiger partial charge in [-0.25, -0.2) is 22.4 Å². The van der Waals surface area contributed by atoms with Crippen LogP contribution in [0.5, 0.6) is 0 Å². The first-order chi connectivity index (χ1) is 7.41. The van der Waals surface area contributed by atoms with Crippen LogP contribution in [0.3, 0.4) is 0 Å². The van der Waals surface area contributed by atoms with E-state index in [9.17, 15) is 22.4 Å². The third-order valence-corrected chi connectivity index (χ3v) is 1.72. The van der Waals surface area contributed by atoms with Crippen LogP contribution in [0, 0.1) is 11.6 Å². The quantitative estimate of drug-likeness (QED) is 0.790. The lowest BCUT2D eigenvalue weighted by Crippen LogP contribution is -2.13. The molecule has 2 N–H and O–H groups in total. The van der Waals surface area contributed by atoms with Gasteiger partial charge in [-0.3, -0.25) is 0 Å². The zero-order chi connectivity index (χ0) is 12.3. The van der Waals surface area contributed by atoms with Gasteiger partial charge in [0, 0.05) is 0 Å². The summed E-state index contributed by atoms with van der Waals surface area (Å²) in [5, 5.41) is 10.3. The van der Waals surface area contributed by atoms with E-state index < -0.39 is 41.8 Å². The molecule has 1 aromatic carbocycles. The molecule has 1 aromatic rings. The van der Waals surface area contributed by atoms with Crippen LogP contribution in [-0.2, 0) is 0 Å². The zero-order valence-electron chi connectivity index (χ0n) is 7.81. The van der Waals surface area contributed by atoms with Crippen molar-refractivity contribution < 1.29 is 27.5 Å². The number of anilines is 1. The van der Waals surface area contributed by atoms with Crippen molar-refractivity contribution in [2.45, 2.75) is 6.43 Å². The van der Waals surface area contributed by atoms with Crippen molar-refractivity contribution in [3.63, 3.8) is 0 Å². The Bertz CT molecular complexity index is 385. The number of carbonyl (C=O) groups is 1. The van der Waals surface area contributed by atoms with Gasteiger partial charge in [0.2, 0.25) is 0 Å². The maximum absolute atomic E-state index is 13.1. The van der Waals surface area contributed by atoms with Gasteiger partial charge in [-0.1, -0.05) is 0 Å². The summed E-state index contributed by atoms with van der Waals surface area (Å²) < 4.78 is 49.8. The van der Waals surface area contributed by atoms with Gasteiger partial charge < -0.3 is 10.4 Å². The maximum Gasteiger partial charge on any atom is 0.335 e. The molecule has 0 radical (unpaired) electrons.